The van der Waals surface area contributed by atoms with Crippen molar-refractivity contribution >= 4 is 17.5 Å². The number of nitrogens with one attached hydrogen (secondary N) is 1. The highest BCUT2D eigenvalue weighted by atomic mass is 16.6. The van der Waals surface area contributed by atoms with E-state index < -0.39 is 11.0 Å². The number of carbonyl (C=O) groups is 1. The number of aryl methyl sites for hydroxylation is 1. The van der Waals surface area contributed by atoms with Crippen LogP contribution in [0, 0.1) is 17.0 Å². The van der Waals surface area contributed by atoms with E-state index >= 15 is 0 Å². The Kier molecular flexibility index (Phi) is 3.82. The second kappa shape index (κ2) is 5.11. The van der Waals surface area contributed by atoms with Crippen LogP contribution in [0.3, 0.4) is 0 Å². The Hall–Kier alpha value is -2.11. The van der Waals surface area contributed by atoms with Gasteiger partial charge in [-0.3, -0.25) is 15.4 Å². The minimum atomic E-state index is -0.698. The van der Waals surface area contributed by atoms with Crippen molar-refractivity contribution in [1.82, 2.24) is 0 Å². The van der Waals surface area contributed by atoms with Gasteiger partial charge in [0.2, 0.25) is 0 Å². The van der Waals surface area contributed by atoms with Crippen molar-refractivity contribution in [3.8, 4) is 0 Å². The van der Waals surface area contributed by atoms with Crippen LogP contribution in [0.25, 0.3) is 0 Å². The number of anilines is 1. The molecule has 0 fully saturated rings. The van der Waals surface area contributed by atoms with Crippen molar-refractivity contribution in [2.45, 2.75) is 13.8 Å². The van der Waals surface area contributed by atoms with Crippen LogP contribution < -0.4 is 5.32 Å². The number of amides is 1. The lowest BCUT2D eigenvalue weighted by Gasteiger charge is -2.06. The quantitative estimate of drug-likeness (QED) is 0.631. The van der Waals surface area contributed by atoms with Crippen LogP contribution in [-0.4, -0.2) is 17.6 Å². The average Bonchev–Trinajstić information content (AvgIpc) is 2.17. The van der Waals surface area contributed by atoms with E-state index in [2.05, 4.69) is 10.1 Å². The average molecular weight is 224 g/mol. The van der Waals surface area contributed by atoms with Gasteiger partial charge < -0.3 is 4.74 Å². The maximum Gasteiger partial charge on any atom is 0.411 e. The van der Waals surface area contributed by atoms with Gasteiger partial charge in [-0.05, 0) is 25.5 Å². The molecule has 0 heterocycles. The molecule has 0 aliphatic carbocycles. The fraction of sp³-hybridized carbons (Fsp3) is 0.300. The van der Waals surface area contributed by atoms with E-state index in [0.717, 1.165) is 5.56 Å². The topological polar surface area (TPSA) is 81.5 Å². The third kappa shape index (κ3) is 2.94. The van der Waals surface area contributed by atoms with Crippen LogP contribution in [0.15, 0.2) is 18.2 Å². The molecule has 1 aromatic rings. The van der Waals surface area contributed by atoms with Crippen LogP contribution in [0.2, 0.25) is 0 Å². The van der Waals surface area contributed by atoms with Crippen LogP contribution in [0.5, 0.6) is 0 Å². The number of benzene rings is 1. The first kappa shape index (κ1) is 12.0. The van der Waals surface area contributed by atoms with Gasteiger partial charge in [-0.15, -0.1) is 0 Å². The third-order valence-electron chi connectivity index (χ3n) is 1.86. The van der Waals surface area contributed by atoms with Crippen molar-refractivity contribution in [3.05, 3.63) is 33.9 Å². The van der Waals surface area contributed by atoms with E-state index in [1.54, 1.807) is 19.9 Å². The molecule has 0 saturated heterocycles. The molecule has 16 heavy (non-hydrogen) atoms. The van der Waals surface area contributed by atoms with E-state index in [1.807, 2.05) is 0 Å². The second-order valence-electron chi connectivity index (χ2n) is 3.12. The monoisotopic (exact) mass is 224 g/mol. The van der Waals surface area contributed by atoms with Gasteiger partial charge >= 0.3 is 6.09 Å². The molecule has 1 N–H and O–H groups in total. The van der Waals surface area contributed by atoms with E-state index in [4.69, 9.17) is 0 Å². The van der Waals surface area contributed by atoms with Gasteiger partial charge in [-0.25, -0.2) is 4.79 Å². The third-order valence-corrected chi connectivity index (χ3v) is 1.86. The Morgan fingerprint density at radius 3 is 2.81 bits per heavy atom. The van der Waals surface area contributed by atoms with Crippen molar-refractivity contribution in [1.29, 1.82) is 0 Å². The number of carbonyl (C=O) groups excluding carboxylic acids is 1. The van der Waals surface area contributed by atoms with Crippen molar-refractivity contribution in [2.24, 2.45) is 0 Å². The minimum Gasteiger partial charge on any atom is -0.450 e. The lowest BCUT2D eigenvalue weighted by molar-refractivity contribution is -0.383. The van der Waals surface area contributed by atoms with Gasteiger partial charge in [-0.1, -0.05) is 6.07 Å². The highest BCUT2D eigenvalue weighted by molar-refractivity contribution is 5.87. The predicted molar refractivity (Wildman–Crippen MR) is 58.5 cm³/mol. The van der Waals surface area contributed by atoms with Gasteiger partial charge in [0, 0.05) is 6.07 Å². The molecule has 0 aromatic heterocycles. The van der Waals surface area contributed by atoms with Crippen LogP contribution in [0.4, 0.5) is 16.2 Å². The standard InChI is InChI=1S/C10H12N2O4/c1-3-16-10(13)11-8-6-7(2)4-5-9(8)12(14)15/h4-6H,3H2,1-2H3,(H,11,13). The lowest BCUT2D eigenvalue weighted by Crippen LogP contribution is -2.14. The fourth-order valence-corrected chi connectivity index (χ4v) is 1.19. The zero-order chi connectivity index (χ0) is 12.1. The number of nitrogens with zero attached hydrogens (tertiary/aromatic N) is 1. The molecule has 1 aromatic carbocycles. The number of hydrogen-bond acceptors (Lipinski definition) is 4. The van der Waals surface area contributed by atoms with Gasteiger partial charge in [0.05, 0.1) is 11.5 Å². The van der Waals surface area contributed by atoms with Crippen LogP contribution in [-0.2, 0) is 4.74 Å². The summed E-state index contributed by atoms with van der Waals surface area (Å²) in [5, 5.41) is 13.0. The Bertz CT molecular complexity index is 417. The molecule has 0 bridgehead atoms. The molecular weight excluding hydrogens is 212 g/mol. The van der Waals surface area contributed by atoms with Crippen LogP contribution >= 0.6 is 0 Å². The second-order valence-corrected chi connectivity index (χ2v) is 3.12. The minimum absolute atomic E-state index is 0.142. The first-order chi connectivity index (χ1) is 7.54. The molecule has 0 spiro atoms. The number of nitro groups is 1. The smallest absolute Gasteiger partial charge is 0.411 e. The molecule has 1 amide bonds. The molecule has 0 atom stereocenters. The Morgan fingerprint density at radius 1 is 1.56 bits per heavy atom. The number of ether oxygens (including phenoxy) is 1. The lowest BCUT2D eigenvalue weighted by atomic mass is 10.2. The molecule has 86 valence electrons. The summed E-state index contributed by atoms with van der Waals surface area (Å²) >= 11 is 0. The van der Waals surface area contributed by atoms with E-state index in [1.165, 1.54) is 12.1 Å². The summed E-state index contributed by atoms with van der Waals surface area (Å²) in [6.07, 6.45) is -0.698. The predicted octanol–water partition coefficient (Wildman–Crippen LogP) is 2.47. The van der Waals surface area contributed by atoms with Crippen molar-refractivity contribution in [2.75, 3.05) is 11.9 Å². The summed E-state index contributed by atoms with van der Waals surface area (Å²) in [5.74, 6) is 0. The highest BCUT2D eigenvalue weighted by Crippen LogP contribution is 2.25. The Morgan fingerprint density at radius 2 is 2.25 bits per heavy atom. The van der Waals surface area contributed by atoms with E-state index in [9.17, 15) is 14.9 Å². The van der Waals surface area contributed by atoms with E-state index in [0.29, 0.717) is 0 Å². The number of rotatable bonds is 3. The van der Waals surface area contributed by atoms with Gasteiger partial charge in [-0.2, -0.15) is 0 Å². The maximum absolute atomic E-state index is 11.1. The number of nitro benzene ring substituents is 1. The molecular formula is C10H12N2O4. The zero-order valence-corrected chi connectivity index (χ0v) is 9.02. The first-order valence-electron chi connectivity index (χ1n) is 4.73. The summed E-state index contributed by atoms with van der Waals surface area (Å²) in [6.45, 7) is 3.65. The SMILES string of the molecule is CCOC(=O)Nc1cc(C)ccc1[N+](=O)[O-]. The summed E-state index contributed by atoms with van der Waals surface area (Å²) in [7, 11) is 0. The first-order valence-corrected chi connectivity index (χ1v) is 4.73. The molecule has 6 nitrogen and oxygen atoms in total. The summed E-state index contributed by atoms with van der Waals surface area (Å²) in [5.41, 5.74) is 0.805. The number of hydrogen-bond donors (Lipinski definition) is 1. The summed E-state index contributed by atoms with van der Waals surface area (Å²) in [6, 6.07) is 4.47. The normalized spacial score (nSPS) is 9.62. The highest BCUT2D eigenvalue weighted by Gasteiger charge is 2.15. The van der Waals surface area contributed by atoms with Gasteiger partial charge in [0.25, 0.3) is 5.69 Å². The molecule has 0 aliphatic heterocycles. The summed E-state index contributed by atoms with van der Waals surface area (Å²) in [4.78, 5) is 21.3. The maximum atomic E-state index is 11.1. The summed E-state index contributed by atoms with van der Waals surface area (Å²) < 4.78 is 4.65. The van der Waals surface area contributed by atoms with Gasteiger partial charge in [0.15, 0.2) is 0 Å². The van der Waals surface area contributed by atoms with Gasteiger partial charge in [0.1, 0.15) is 5.69 Å². The Balaban J connectivity index is 2.96. The molecule has 6 heteroatoms. The van der Waals surface area contributed by atoms with Crippen molar-refractivity contribution < 1.29 is 14.5 Å². The largest absolute Gasteiger partial charge is 0.450 e. The van der Waals surface area contributed by atoms with Crippen molar-refractivity contribution in [3.63, 3.8) is 0 Å². The fourth-order valence-electron chi connectivity index (χ4n) is 1.19. The van der Waals surface area contributed by atoms with E-state index in [-0.39, 0.29) is 18.0 Å². The zero-order valence-electron chi connectivity index (χ0n) is 9.02. The van der Waals surface area contributed by atoms with Crippen LogP contribution in [0.1, 0.15) is 12.5 Å². The molecule has 0 unspecified atom stereocenters. The molecule has 0 aliphatic rings. The molecule has 0 saturated carbocycles. The molecule has 0 radical (unpaired) electrons. The Labute approximate surface area is 92.4 Å². The molecule has 1 rings (SSSR count).